The number of hydrogen-bond acceptors (Lipinski definition) is 9. The van der Waals surface area contributed by atoms with Crippen molar-refractivity contribution in [3.8, 4) is 0 Å². The number of aliphatic hydroxyl groups is 5. The molecule has 0 aromatic carbocycles. The number of rotatable bonds is 6. The van der Waals surface area contributed by atoms with Crippen LogP contribution in [0.4, 0.5) is 0 Å². The van der Waals surface area contributed by atoms with E-state index < -0.39 is 49.4 Å². The summed E-state index contributed by atoms with van der Waals surface area (Å²) < 4.78 is 16.6. The Labute approximate surface area is 206 Å². The molecule has 5 N–H and O–H groups in total. The molecule has 4 fully saturated rings. The molecule has 2 saturated carbocycles. The molecule has 198 valence electrons. The van der Waals surface area contributed by atoms with E-state index in [0.29, 0.717) is 18.6 Å². The molecular formula is C26H40O9. The highest BCUT2D eigenvalue weighted by Gasteiger charge is 2.55. The van der Waals surface area contributed by atoms with Crippen LogP contribution in [-0.2, 0) is 19.0 Å². The van der Waals surface area contributed by atoms with Gasteiger partial charge in [0.1, 0.15) is 37.1 Å². The molecule has 0 radical (unpaired) electrons. The molecule has 2 aliphatic carbocycles. The lowest BCUT2D eigenvalue weighted by Crippen LogP contribution is -2.60. The number of ether oxygens (including phenoxy) is 3. The first-order chi connectivity index (χ1) is 16.5. The van der Waals surface area contributed by atoms with Crippen LogP contribution in [0.25, 0.3) is 0 Å². The average Bonchev–Trinajstić information content (AvgIpc) is 3.13. The SMILES string of the molecule is C=C1CC[C@@H]2[C@@](C)(CO[C@H]3O[C@@H](CO)[C@@H](O)[C@@H](O)[C@H]3O)CCC[C@]2(C)[C@H]1C/C=C1/C(=O)OC[C@H]1O. The molecule has 0 aromatic heterocycles. The molecule has 35 heavy (non-hydrogen) atoms. The Hall–Kier alpha value is -1.33. The molecular weight excluding hydrogens is 456 g/mol. The van der Waals surface area contributed by atoms with E-state index in [-0.39, 0.29) is 29.3 Å². The zero-order valence-electron chi connectivity index (χ0n) is 20.6. The van der Waals surface area contributed by atoms with Crippen molar-refractivity contribution in [3.05, 3.63) is 23.8 Å². The molecule has 4 rings (SSSR count). The van der Waals surface area contributed by atoms with Crippen LogP contribution in [0.15, 0.2) is 23.8 Å². The molecule has 0 aromatic rings. The van der Waals surface area contributed by atoms with Crippen molar-refractivity contribution in [1.29, 1.82) is 0 Å². The predicted molar refractivity (Wildman–Crippen MR) is 125 cm³/mol. The van der Waals surface area contributed by atoms with E-state index in [2.05, 4.69) is 20.4 Å². The maximum Gasteiger partial charge on any atom is 0.336 e. The van der Waals surface area contributed by atoms with Gasteiger partial charge in [-0.05, 0) is 54.8 Å². The third-order valence-electron chi connectivity index (χ3n) is 9.11. The van der Waals surface area contributed by atoms with Gasteiger partial charge in [0.05, 0.1) is 18.8 Å². The van der Waals surface area contributed by atoms with Gasteiger partial charge in [-0.2, -0.15) is 0 Å². The first-order valence-electron chi connectivity index (χ1n) is 12.7. The molecule has 4 aliphatic rings. The smallest absolute Gasteiger partial charge is 0.336 e. The van der Waals surface area contributed by atoms with Crippen LogP contribution in [0, 0.1) is 22.7 Å². The van der Waals surface area contributed by atoms with Crippen LogP contribution in [-0.4, -0.2) is 88.1 Å². The van der Waals surface area contributed by atoms with Crippen LogP contribution < -0.4 is 0 Å². The number of aliphatic hydroxyl groups excluding tert-OH is 5. The topological polar surface area (TPSA) is 146 Å². The summed E-state index contributed by atoms with van der Waals surface area (Å²) in [7, 11) is 0. The van der Waals surface area contributed by atoms with Gasteiger partial charge in [0, 0.05) is 0 Å². The van der Waals surface area contributed by atoms with Gasteiger partial charge in [0.15, 0.2) is 6.29 Å². The van der Waals surface area contributed by atoms with E-state index >= 15 is 0 Å². The zero-order valence-corrected chi connectivity index (χ0v) is 20.6. The second kappa shape index (κ2) is 10.2. The second-order valence-electron chi connectivity index (χ2n) is 11.3. The third kappa shape index (κ3) is 4.84. The summed E-state index contributed by atoms with van der Waals surface area (Å²) in [5.74, 6) is -0.0359. The summed E-state index contributed by atoms with van der Waals surface area (Å²) in [6.45, 7) is 8.62. The normalized spacial score (nSPS) is 47.6. The monoisotopic (exact) mass is 496 g/mol. The zero-order chi connectivity index (χ0) is 25.5. The molecule has 0 spiro atoms. The first-order valence-corrected chi connectivity index (χ1v) is 12.7. The molecule has 2 saturated heterocycles. The van der Waals surface area contributed by atoms with Crippen LogP contribution in [0.1, 0.15) is 52.4 Å². The summed E-state index contributed by atoms with van der Waals surface area (Å²) in [5, 5.41) is 50.1. The summed E-state index contributed by atoms with van der Waals surface area (Å²) >= 11 is 0. The van der Waals surface area contributed by atoms with Crippen molar-refractivity contribution in [3.63, 3.8) is 0 Å². The van der Waals surface area contributed by atoms with Crippen LogP contribution in [0.5, 0.6) is 0 Å². The van der Waals surface area contributed by atoms with Crippen LogP contribution >= 0.6 is 0 Å². The van der Waals surface area contributed by atoms with E-state index in [1.807, 2.05) is 6.08 Å². The van der Waals surface area contributed by atoms with Crippen molar-refractivity contribution in [1.82, 2.24) is 0 Å². The average molecular weight is 497 g/mol. The maximum atomic E-state index is 12.0. The second-order valence-corrected chi connectivity index (χ2v) is 11.3. The van der Waals surface area contributed by atoms with Crippen molar-refractivity contribution in [2.24, 2.45) is 22.7 Å². The first kappa shape index (κ1) is 26.7. The largest absolute Gasteiger partial charge is 0.459 e. The Morgan fingerprint density at radius 3 is 2.54 bits per heavy atom. The Morgan fingerprint density at radius 1 is 1.14 bits per heavy atom. The lowest BCUT2D eigenvalue weighted by molar-refractivity contribution is -0.309. The summed E-state index contributed by atoms with van der Waals surface area (Å²) in [6, 6.07) is 0. The molecule has 2 aliphatic heterocycles. The molecule has 0 bridgehead atoms. The molecule has 10 atom stereocenters. The highest BCUT2D eigenvalue weighted by atomic mass is 16.7. The van der Waals surface area contributed by atoms with E-state index in [4.69, 9.17) is 14.2 Å². The van der Waals surface area contributed by atoms with Gasteiger partial charge < -0.3 is 39.7 Å². The Bertz CT molecular complexity index is 841. The molecule has 9 heteroatoms. The van der Waals surface area contributed by atoms with Crippen molar-refractivity contribution in [2.75, 3.05) is 19.8 Å². The summed E-state index contributed by atoms with van der Waals surface area (Å²) in [5.41, 5.74) is 1.16. The number of carbonyl (C=O) groups excluding carboxylic acids is 1. The fraction of sp³-hybridized carbons (Fsp3) is 0.808. The number of esters is 1. The Morgan fingerprint density at radius 2 is 1.89 bits per heavy atom. The molecule has 2 heterocycles. The number of allylic oxidation sites excluding steroid dienone is 2. The fourth-order valence-electron chi connectivity index (χ4n) is 7.10. The third-order valence-corrected chi connectivity index (χ3v) is 9.11. The van der Waals surface area contributed by atoms with Gasteiger partial charge in [-0.15, -0.1) is 0 Å². The lowest BCUT2D eigenvalue weighted by atomic mass is 9.47. The van der Waals surface area contributed by atoms with E-state index in [0.717, 1.165) is 37.7 Å². The standard InChI is InChI=1S/C26H40O9/c1-14-5-8-19-25(2,13-34-24-22(31)21(30)20(29)18(11-27)35-24)9-4-10-26(19,3)16(14)7-6-15-17(28)12-33-23(15)32/h6,16-22,24,27-31H,1,4-5,7-13H2,2-3H3/b15-6+/t16-,17+,18-,19+,20+,21+,22+,24-,25+,26+/m0/s1. The van der Waals surface area contributed by atoms with E-state index in [1.54, 1.807) is 0 Å². The minimum atomic E-state index is -1.47. The van der Waals surface area contributed by atoms with Gasteiger partial charge >= 0.3 is 5.97 Å². The maximum absolute atomic E-state index is 12.0. The molecule has 0 amide bonds. The van der Waals surface area contributed by atoms with Gasteiger partial charge in [0.2, 0.25) is 0 Å². The van der Waals surface area contributed by atoms with Crippen LogP contribution in [0.3, 0.4) is 0 Å². The number of hydrogen-bond donors (Lipinski definition) is 5. The number of carbonyl (C=O) groups is 1. The summed E-state index contributed by atoms with van der Waals surface area (Å²) in [6.07, 6.45) is -0.201. The summed E-state index contributed by atoms with van der Waals surface area (Å²) in [4.78, 5) is 12.0. The minimum absolute atomic E-state index is 0.00351. The van der Waals surface area contributed by atoms with Crippen molar-refractivity contribution in [2.45, 2.75) is 89.2 Å². The quantitative estimate of drug-likeness (QED) is 0.205. The van der Waals surface area contributed by atoms with Gasteiger partial charge in [0.25, 0.3) is 0 Å². The predicted octanol–water partition coefficient (Wildman–Crippen LogP) is 0.816. The minimum Gasteiger partial charge on any atom is -0.459 e. The highest BCUT2D eigenvalue weighted by molar-refractivity contribution is 5.91. The lowest BCUT2D eigenvalue weighted by Gasteiger charge is -2.59. The number of fused-ring (bicyclic) bond motifs is 1. The van der Waals surface area contributed by atoms with Gasteiger partial charge in [-0.1, -0.05) is 38.5 Å². The van der Waals surface area contributed by atoms with E-state index in [1.165, 1.54) is 0 Å². The Balaban J connectivity index is 1.50. The van der Waals surface area contributed by atoms with Crippen molar-refractivity contribution < 1.29 is 44.5 Å². The number of cyclic esters (lactones) is 1. The van der Waals surface area contributed by atoms with Gasteiger partial charge in [-0.3, -0.25) is 0 Å². The van der Waals surface area contributed by atoms with Crippen molar-refractivity contribution >= 4 is 5.97 Å². The molecule has 9 nitrogen and oxygen atoms in total. The Kier molecular flexibility index (Phi) is 7.79. The van der Waals surface area contributed by atoms with E-state index in [9.17, 15) is 30.3 Å². The molecule has 0 unspecified atom stereocenters. The van der Waals surface area contributed by atoms with Crippen LogP contribution in [0.2, 0.25) is 0 Å². The van der Waals surface area contributed by atoms with Gasteiger partial charge in [-0.25, -0.2) is 4.79 Å². The highest BCUT2D eigenvalue weighted by Crippen LogP contribution is 2.62. The fourth-order valence-corrected chi connectivity index (χ4v) is 7.10.